The van der Waals surface area contributed by atoms with Gasteiger partial charge in [-0.3, -0.25) is 19.7 Å². The number of fused-ring (bicyclic) bond motifs is 1. The molecule has 336 valence electrons. The summed E-state index contributed by atoms with van der Waals surface area (Å²) in [5.41, 5.74) is 12.3. The van der Waals surface area contributed by atoms with E-state index in [1.54, 1.807) is 0 Å². The van der Waals surface area contributed by atoms with Gasteiger partial charge in [0.25, 0.3) is 0 Å². The van der Waals surface area contributed by atoms with Crippen molar-refractivity contribution in [3.63, 3.8) is 0 Å². The Bertz CT molecular complexity index is 2490. The third-order valence-corrected chi connectivity index (χ3v) is 14.0. The number of benzene rings is 1. The molecular formula is C47H59N13O4. The summed E-state index contributed by atoms with van der Waals surface area (Å²) in [6.07, 6.45) is 16.8. The predicted molar refractivity (Wildman–Crippen MR) is 242 cm³/mol. The van der Waals surface area contributed by atoms with Gasteiger partial charge in [-0.1, -0.05) is 36.6 Å². The number of carbonyl (C=O) groups is 3. The van der Waals surface area contributed by atoms with Gasteiger partial charge in [0, 0.05) is 62.1 Å². The number of nitrogens with one attached hydrogen (secondary N) is 2. The molecule has 5 aliphatic rings. The van der Waals surface area contributed by atoms with Crippen LogP contribution in [0.25, 0.3) is 33.8 Å². The second-order valence-corrected chi connectivity index (χ2v) is 19.2. The lowest BCUT2D eigenvalue weighted by molar-refractivity contribution is -0.145. The second kappa shape index (κ2) is 17.5. The average Bonchev–Trinajstić information content (AvgIpc) is 3.89. The molecule has 1 aromatic carbocycles. The van der Waals surface area contributed by atoms with E-state index in [0.717, 1.165) is 107 Å². The fourth-order valence-electron chi connectivity index (χ4n) is 10.2. The highest BCUT2D eigenvalue weighted by Gasteiger charge is 2.53. The third-order valence-electron chi connectivity index (χ3n) is 14.0. The number of nitrogens with two attached hydrogens (primary N) is 1. The first kappa shape index (κ1) is 42.0. The van der Waals surface area contributed by atoms with Crippen LogP contribution in [-0.2, 0) is 14.4 Å². The number of amides is 3. The van der Waals surface area contributed by atoms with Gasteiger partial charge < -0.3 is 30.3 Å². The van der Waals surface area contributed by atoms with Gasteiger partial charge in [0.05, 0.1) is 29.0 Å². The molecule has 1 unspecified atom stereocenters. The fourth-order valence-corrected chi connectivity index (χ4v) is 10.2. The number of aromatic nitrogens is 7. The Labute approximate surface area is 372 Å². The molecule has 5 fully saturated rings. The van der Waals surface area contributed by atoms with Crippen LogP contribution >= 0.6 is 0 Å². The minimum atomic E-state index is -0.360. The quantitative estimate of drug-likeness (QED) is 0.0761. The summed E-state index contributed by atoms with van der Waals surface area (Å²) in [6, 6.07) is 8.16. The Balaban J connectivity index is 0.624. The van der Waals surface area contributed by atoms with Crippen LogP contribution in [-0.4, -0.2) is 114 Å². The summed E-state index contributed by atoms with van der Waals surface area (Å²) in [5.74, 6) is 2.34. The van der Waals surface area contributed by atoms with Gasteiger partial charge in [-0.15, -0.1) is 0 Å². The van der Waals surface area contributed by atoms with Gasteiger partial charge in [0.1, 0.15) is 29.6 Å². The number of piperidine rings is 2. The molecule has 4 aromatic heterocycles. The number of unbranched alkanes of at least 4 members (excludes halogenated alkanes) is 4. The molecule has 0 bridgehead atoms. The van der Waals surface area contributed by atoms with E-state index in [1.807, 2.05) is 35.8 Å². The van der Waals surface area contributed by atoms with Gasteiger partial charge in [-0.25, -0.2) is 24.6 Å². The van der Waals surface area contributed by atoms with Gasteiger partial charge in [0.15, 0.2) is 17.2 Å². The zero-order valence-electron chi connectivity index (χ0n) is 37.0. The first-order valence-corrected chi connectivity index (χ1v) is 23.4. The predicted octanol–water partition coefficient (Wildman–Crippen LogP) is 6.06. The largest absolute Gasteiger partial charge is 0.383 e. The van der Waals surface area contributed by atoms with E-state index < -0.39 is 0 Å². The zero-order valence-corrected chi connectivity index (χ0v) is 37.0. The Morgan fingerprint density at radius 2 is 1.62 bits per heavy atom. The van der Waals surface area contributed by atoms with Crippen LogP contribution in [0.2, 0.25) is 0 Å². The summed E-state index contributed by atoms with van der Waals surface area (Å²) in [7, 11) is 0. The molecule has 4 aliphatic heterocycles. The van der Waals surface area contributed by atoms with E-state index in [0.29, 0.717) is 59.2 Å². The molecule has 5 aromatic rings. The van der Waals surface area contributed by atoms with Crippen molar-refractivity contribution < 1.29 is 18.9 Å². The molecule has 10 rings (SSSR count). The van der Waals surface area contributed by atoms with Gasteiger partial charge in [-0.05, 0) is 102 Å². The molecule has 1 atom stereocenters. The zero-order chi connectivity index (χ0) is 44.0. The molecule has 17 nitrogen and oxygen atoms in total. The van der Waals surface area contributed by atoms with E-state index >= 15 is 0 Å². The molecule has 4 N–H and O–H groups in total. The van der Waals surface area contributed by atoms with Crippen LogP contribution in [0.1, 0.15) is 120 Å². The standard InChI is InChI=1S/C47H59N13O4/c1-29(2)60-45-39(43(48)51-28-52-45)40(55-60)41-38(42(64-56-41)32-9-10-32)44-49-22-34(23-50-44)58-24-47(25-58)26-59(27-47)37(62)8-6-4-3-5-7-19-57-20-17-31(18-21-57)30-11-13-33(14-12-30)53-35-15-16-36(61)54-46(35)63/h11-14,22-23,28-29,31-32,35,53H,3-10,15-21,24-27H2,1-2H3,(H2,48,51,52)(H,54,61,63). The molecule has 64 heavy (non-hydrogen) atoms. The monoisotopic (exact) mass is 869 g/mol. The van der Waals surface area contributed by atoms with Crippen LogP contribution in [0.3, 0.4) is 0 Å². The maximum Gasteiger partial charge on any atom is 0.249 e. The number of imide groups is 1. The second-order valence-electron chi connectivity index (χ2n) is 19.2. The van der Waals surface area contributed by atoms with Gasteiger partial charge >= 0.3 is 0 Å². The van der Waals surface area contributed by atoms with Gasteiger partial charge in [0.2, 0.25) is 17.7 Å². The van der Waals surface area contributed by atoms with Crippen molar-refractivity contribution in [3.05, 3.63) is 54.3 Å². The number of hydrogen-bond donors (Lipinski definition) is 3. The lowest BCUT2D eigenvalue weighted by Gasteiger charge is -2.60. The number of likely N-dealkylation sites (tertiary alicyclic amines) is 2. The SMILES string of the molecule is CC(C)n1nc(-c2noc(C3CC3)c2-c2ncc(N3CC4(CN(C(=O)CCCCCCCN5CCC(c6ccc(NC7CCC(=O)NC7=O)cc6)CC5)C4)C3)cn2)c2c(N)ncnc21. The van der Waals surface area contributed by atoms with Gasteiger partial charge in [-0.2, -0.15) is 5.10 Å². The Kier molecular flexibility index (Phi) is 11.5. The number of hydrogen-bond acceptors (Lipinski definition) is 14. The maximum atomic E-state index is 13.1. The third kappa shape index (κ3) is 8.53. The molecule has 1 aliphatic carbocycles. The van der Waals surface area contributed by atoms with E-state index in [-0.39, 0.29) is 41.1 Å². The summed E-state index contributed by atoms with van der Waals surface area (Å²) in [5, 5.41) is 15.7. The smallest absolute Gasteiger partial charge is 0.249 e. The van der Waals surface area contributed by atoms with Crippen LogP contribution in [0.15, 0.2) is 47.5 Å². The fraction of sp³-hybridized carbons (Fsp3) is 0.553. The first-order chi connectivity index (χ1) is 31.1. The lowest BCUT2D eigenvalue weighted by atomic mass is 9.72. The van der Waals surface area contributed by atoms with Crippen molar-refractivity contribution >= 4 is 45.9 Å². The molecular weight excluding hydrogens is 811 g/mol. The minimum absolute atomic E-state index is 0.0486. The molecule has 17 heteroatoms. The number of carbonyl (C=O) groups excluding carboxylic acids is 3. The molecule has 3 amide bonds. The highest BCUT2D eigenvalue weighted by Crippen LogP contribution is 2.48. The first-order valence-electron chi connectivity index (χ1n) is 23.4. The summed E-state index contributed by atoms with van der Waals surface area (Å²) in [4.78, 5) is 62.0. The number of anilines is 3. The van der Waals surface area contributed by atoms with E-state index in [4.69, 9.17) is 25.3 Å². The summed E-state index contributed by atoms with van der Waals surface area (Å²) in [6.45, 7) is 10.9. The van der Waals surface area contributed by atoms with Crippen molar-refractivity contribution in [1.82, 2.24) is 50.0 Å². The van der Waals surface area contributed by atoms with Crippen LogP contribution < -0.4 is 21.3 Å². The number of nitrogens with zero attached hydrogens (tertiary/aromatic N) is 10. The van der Waals surface area contributed by atoms with Crippen molar-refractivity contribution in [2.75, 3.05) is 61.8 Å². The Hall–Kier alpha value is -5.97. The summed E-state index contributed by atoms with van der Waals surface area (Å²) >= 11 is 0. The topological polar surface area (TPSA) is 206 Å². The average molecular weight is 870 g/mol. The van der Waals surface area contributed by atoms with Crippen LogP contribution in [0.5, 0.6) is 0 Å². The molecule has 8 heterocycles. The van der Waals surface area contributed by atoms with Crippen LogP contribution in [0, 0.1) is 5.41 Å². The maximum absolute atomic E-state index is 13.1. The molecule has 4 saturated heterocycles. The Morgan fingerprint density at radius 1 is 0.891 bits per heavy atom. The minimum Gasteiger partial charge on any atom is -0.383 e. The summed E-state index contributed by atoms with van der Waals surface area (Å²) < 4.78 is 7.79. The van der Waals surface area contributed by atoms with Crippen molar-refractivity contribution in [1.29, 1.82) is 0 Å². The molecule has 1 spiro atoms. The van der Waals surface area contributed by atoms with Crippen LogP contribution in [0.4, 0.5) is 17.2 Å². The van der Waals surface area contributed by atoms with E-state index in [9.17, 15) is 14.4 Å². The van der Waals surface area contributed by atoms with E-state index in [1.165, 1.54) is 31.2 Å². The van der Waals surface area contributed by atoms with Crippen molar-refractivity contribution in [2.45, 2.75) is 115 Å². The Morgan fingerprint density at radius 3 is 2.34 bits per heavy atom. The normalized spacial score (nSPS) is 20.2. The number of nitrogen functional groups attached to an aromatic ring is 1. The van der Waals surface area contributed by atoms with Crippen molar-refractivity contribution in [3.8, 4) is 22.8 Å². The molecule has 1 saturated carbocycles. The van der Waals surface area contributed by atoms with Crippen molar-refractivity contribution in [2.24, 2.45) is 5.41 Å². The van der Waals surface area contributed by atoms with E-state index in [2.05, 4.69) is 59.8 Å². The number of rotatable bonds is 16. The lowest BCUT2D eigenvalue weighted by Crippen LogP contribution is -2.73. The molecule has 0 radical (unpaired) electrons. The highest BCUT2D eigenvalue weighted by molar-refractivity contribution is 6.02. The highest BCUT2D eigenvalue weighted by atomic mass is 16.5.